The molecule has 1 saturated carbocycles. The molecule has 1 amide bonds. The first kappa shape index (κ1) is 19.1. The Bertz CT molecular complexity index is 706. The first-order chi connectivity index (χ1) is 12.3. The van der Waals surface area contributed by atoms with Gasteiger partial charge in [-0.05, 0) is 57.6 Å². The van der Waals surface area contributed by atoms with Gasteiger partial charge in [0, 0.05) is 23.2 Å². The van der Waals surface area contributed by atoms with Crippen molar-refractivity contribution in [2.75, 3.05) is 11.9 Å². The van der Waals surface area contributed by atoms with E-state index >= 15 is 0 Å². The Hall–Kier alpha value is -1.67. The third kappa shape index (κ3) is 4.54. The second-order valence-corrected chi connectivity index (χ2v) is 8.53. The number of benzene rings is 1. The summed E-state index contributed by atoms with van der Waals surface area (Å²) in [6.07, 6.45) is 4.30. The maximum atomic E-state index is 12.8. The van der Waals surface area contributed by atoms with Gasteiger partial charge < -0.3 is 15.4 Å². The minimum Gasteiger partial charge on any atom is -0.378 e. The van der Waals surface area contributed by atoms with Crippen molar-refractivity contribution in [2.24, 2.45) is 5.92 Å². The highest BCUT2D eigenvalue weighted by atomic mass is 79.9. The second-order valence-electron chi connectivity index (χ2n) is 7.61. The zero-order valence-corrected chi connectivity index (χ0v) is 16.5. The Balaban J connectivity index is 1.66. The molecule has 1 aliphatic carbocycles. The van der Waals surface area contributed by atoms with Gasteiger partial charge in [-0.25, -0.2) is 0 Å². The Kier molecular flexibility index (Phi) is 5.53. The van der Waals surface area contributed by atoms with E-state index in [2.05, 4.69) is 26.6 Å². The van der Waals surface area contributed by atoms with Crippen molar-refractivity contribution in [1.29, 1.82) is 0 Å². The number of halogens is 1. The van der Waals surface area contributed by atoms with Crippen LogP contribution in [0.3, 0.4) is 0 Å². The number of nitro groups is 1. The SMILES string of the molecule is CC(C)(Nc1cc(Br)ccc1[N+](=O)[O-])C(=O)N[C@H]1CCO[C@H](C2CC2)C1. The van der Waals surface area contributed by atoms with Gasteiger partial charge in [0.25, 0.3) is 5.69 Å². The predicted octanol–water partition coefficient (Wildman–Crippen LogP) is 3.62. The fraction of sp³-hybridized carbons (Fsp3) is 0.611. The molecule has 0 unspecified atom stereocenters. The fourth-order valence-electron chi connectivity index (χ4n) is 3.28. The van der Waals surface area contributed by atoms with Crippen LogP contribution in [0.15, 0.2) is 22.7 Å². The van der Waals surface area contributed by atoms with Gasteiger partial charge in [-0.15, -0.1) is 0 Å². The van der Waals surface area contributed by atoms with Crippen LogP contribution in [0, 0.1) is 16.0 Å². The zero-order chi connectivity index (χ0) is 18.9. The molecule has 2 fully saturated rings. The van der Waals surface area contributed by atoms with E-state index < -0.39 is 10.5 Å². The quantitative estimate of drug-likeness (QED) is 0.536. The van der Waals surface area contributed by atoms with Gasteiger partial charge in [-0.2, -0.15) is 0 Å². The van der Waals surface area contributed by atoms with E-state index in [1.165, 1.54) is 18.9 Å². The smallest absolute Gasteiger partial charge is 0.292 e. The number of hydrogen-bond donors (Lipinski definition) is 2. The Morgan fingerprint density at radius 2 is 2.08 bits per heavy atom. The van der Waals surface area contributed by atoms with Crippen LogP contribution in [0.2, 0.25) is 0 Å². The van der Waals surface area contributed by atoms with Crippen LogP contribution in [0.25, 0.3) is 0 Å². The number of nitrogens with one attached hydrogen (secondary N) is 2. The predicted molar refractivity (Wildman–Crippen MR) is 102 cm³/mol. The van der Waals surface area contributed by atoms with Crippen LogP contribution >= 0.6 is 15.9 Å². The molecule has 142 valence electrons. The van der Waals surface area contributed by atoms with E-state index in [1.54, 1.807) is 26.0 Å². The molecular weight excluding hydrogens is 402 g/mol. The summed E-state index contributed by atoms with van der Waals surface area (Å²) in [6, 6.07) is 4.72. The average molecular weight is 426 g/mol. The summed E-state index contributed by atoms with van der Waals surface area (Å²) in [5, 5.41) is 17.4. The molecule has 2 atom stereocenters. The summed E-state index contributed by atoms with van der Waals surface area (Å²) in [4.78, 5) is 23.6. The van der Waals surface area contributed by atoms with Crippen molar-refractivity contribution in [3.8, 4) is 0 Å². The number of hydrogen-bond acceptors (Lipinski definition) is 5. The van der Waals surface area contributed by atoms with Crippen LogP contribution in [0.4, 0.5) is 11.4 Å². The highest BCUT2D eigenvalue weighted by Gasteiger charge is 2.38. The van der Waals surface area contributed by atoms with Crippen LogP contribution in [-0.2, 0) is 9.53 Å². The molecule has 2 aliphatic rings. The lowest BCUT2D eigenvalue weighted by atomic mass is 9.97. The molecule has 1 aromatic carbocycles. The van der Waals surface area contributed by atoms with Gasteiger partial charge in [0.15, 0.2) is 0 Å². The summed E-state index contributed by atoms with van der Waals surface area (Å²) < 4.78 is 6.51. The molecule has 1 saturated heterocycles. The third-order valence-corrected chi connectivity index (χ3v) is 5.46. The van der Waals surface area contributed by atoms with Gasteiger partial charge in [0.2, 0.25) is 5.91 Å². The number of carbonyl (C=O) groups excluding carboxylic acids is 1. The van der Waals surface area contributed by atoms with Crippen LogP contribution in [0.1, 0.15) is 39.5 Å². The molecule has 26 heavy (non-hydrogen) atoms. The van der Waals surface area contributed by atoms with Crippen LogP contribution < -0.4 is 10.6 Å². The molecule has 1 aliphatic heterocycles. The average Bonchev–Trinajstić information content (AvgIpc) is 3.39. The zero-order valence-electron chi connectivity index (χ0n) is 15.0. The highest BCUT2D eigenvalue weighted by Crippen LogP contribution is 2.38. The normalized spacial score (nSPS) is 23.3. The van der Waals surface area contributed by atoms with Gasteiger partial charge in [0.05, 0.1) is 11.0 Å². The summed E-state index contributed by atoms with van der Waals surface area (Å²) in [5.74, 6) is 0.471. The minimum absolute atomic E-state index is 0.0612. The molecule has 0 bridgehead atoms. The number of nitro benzene ring substituents is 1. The molecular formula is C18H24BrN3O4. The molecule has 0 spiro atoms. The summed E-state index contributed by atoms with van der Waals surface area (Å²) in [5.41, 5.74) is -0.736. The highest BCUT2D eigenvalue weighted by molar-refractivity contribution is 9.10. The van der Waals surface area contributed by atoms with Gasteiger partial charge in [-0.1, -0.05) is 15.9 Å². The van der Waals surface area contributed by atoms with Crippen molar-refractivity contribution in [3.63, 3.8) is 0 Å². The van der Waals surface area contributed by atoms with Crippen LogP contribution in [-0.4, -0.2) is 35.1 Å². The van der Waals surface area contributed by atoms with Crippen molar-refractivity contribution < 1.29 is 14.5 Å². The lowest BCUT2D eigenvalue weighted by molar-refractivity contribution is -0.384. The van der Waals surface area contributed by atoms with E-state index in [1.807, 2.05) is 0 Å². The summed E-state index contributed by atoms with van der Waals surface area (Å²) in [7, 11) is 0. The minimum atomic E-state index is -0.987. The maximum Gasteiger partial charge on any atom is 0.292 e. The molecule has 0 aromatic heterocycles. The number of carbonyl (C=O) groups is 1. The number of nitrogens with zero attached hydrogens (tertiary/aromatic N) is 1. The Morgan fingerprint density at radius 1 is 1.35 bits per heavy atom. The van der Waals surface area contributed by atoms with E-state index in [9.17, 15) is 14.9 Å². The monoisotopic (exact) mass is 425 g/mol. The molecule has 2 N–H and O–H groups in total. The van der Waals surface area contributed by atoms with E-state index in [0.29, 0.717) is 22.7 Å². The first-order valence-electron chi connectivity index (χ1n) is 8.91. The maximum absolute atomic E-state index is 12.8. The number of amides is 1. The fourth-order valence-corrected chi connectivity index (χ4v) is 3.64. The second kappa shape index (κ2) is 7.52. The summed E-state index contributed by atoms with van der Waals surface area (Å²) >= 11 is 3.32. The molecule has 7 nitrogen and oxygen atoms in total. The number of rotatable bonds is 6. The van der Waals surface area contributed by atoms with Crippen molar-refractivity contribution in [1.82, 2.24) is 5.32 Å². The third-order valence-electron chi connectivity index (χ3n) is 4.97. The molecule has 1 aromatic rings. The van der Waals surface area contributed by atoms with E-state index in [4.69, 9.17) is 4.74 Å². The Morgan fingerprint density at radius 3 is 2.73 bits per heavy atom. The standard InChI is InChI=1S/C18H24BrN3O4/c1-18(2,21-14-9-12(19)5-6-15(14)22(24)25)17(23)20-13-7-8-26-16(10-13)11-3-4-11/h5-6,9,11,13,16,21H,3-4,7-8,10H2,1-2H3,(H,20,23)/t13-,16-/m0/s1. The van der Waals surface area contributed by atoms with E-state index in [0.717, 1.165) is 12.8 Å². The molecule has 0 radical (unpaired) electrons. The molecule has 1 heterocycles. The van der Waals surface area contributed by atoms with Crippen molar-refractivity contribution >= 4 is 33.2 Å². The lowest BCUT2D eigenvalue weighted by Crippen LogP contribution is -2.53. The van der Waals surface area contributed by atoms with Crippen LogP contribution in [0.5, 0.6) is 0 Å². The van der Waals surface area contributed by atoms with Gasteiger partial charge >= 0.3 is 0 Å². The van der Waals surface area contributed by atoms with Crippen molar-refractivity contribution in [3.05, 3.63) is 32.8 Å². The molecule has 3 rings (SSSR count). The first-order valence-corrected chi connectivity index (χ1v) is 9.70. The Labute approximate surface area is 161 Å². The number of anilines is 1. The van der Waals surface area contributed by atoms with Crippen molar-refractivity contribution in [2.45, 2.75) is 57.2 Å². The molecule has 8 heteroatoms. The van der Waals surface area contributed by atoms with Gasteiger partial charge in [0.1, 0.15) is 11.2 Å². The van der Waals surface area contributed by atoms with Gasteiger partial charge in [-0.3, -0.25) is 14.9 Å². The van der Waals surface area contributed by atoms with E-state index in [-0.39, 0.29) is 23.7 Å². The number of ether oxygens (including phenoxy) is 1. The topological polar surface area (TPSA) is 93.5 Å². The largest absolute Gasteiger partial charge is 0.378 e. The summed E-state index contributed by atoms with van der Waals surface area (Å²) in [6.45, 7) is 4.12. The lowest BCUT2D eigenvalue weighted by Gasteiger charge is -2.33.